The molecular weight excluding hydrogens is 143 g/mol. The molecule has 25 valence electrons. The van der Waals surface area contributed by atoms with E-state index in [9.17, 15) is 0 Å². The summed E-state index contributed by atoms with van der Waals surface area (Å²) in [5.74, 6) is 0. The Labute approximate surface area is 40.1 Å². The summed E-state index contributed by atoms with van der Waals surface area (Å²) in [7, 11) is 1.85. The van der Waals surface area contributed by atoms with Crippen LogP contribution in [-0.4, -0.2) is 14.1 Å². The topological polar surface area (TPSA) is 12.4 Å². The Morgan fingerprint density at radius 1 is 1.80 bits per heavy atom. The Balaban J connectivity index is 2.61. The van der Waals surface area contributed by atoms with Crippen LogP contribution in [0, 0.1) is 0 Å². The quantitative estimate of drug-likeness (QED) is 0.463. The fourth-order valence-corrected chi connectivity index (χ4v) is 2.37. The van der Waals surface area contributed by atoms with Crippen LogP contribution in [0.15, 0.2) is 15.5 Å². The average molecular weight is 145 g/mol. The third-order valence-corrected chi connectivity index (χ3v) is 3.27. The van der Waals surface area contributed by atoms with E-state index in [4.69, 9.17) is 0 Å². The van der Waals surface area contributed by atoms with Crippen molar-refractivity contribution >= 4 is 24.2 Å². The molecule has 1 heterocycles. The Hall–Kier alpha value is 0.433. The molecule has 0 saturated carbocycles. The van der Waals surface area contributed by atoms with Crippen molar-refractivity contribution in [3.05, 3.63) is 11.6 Å². The standard InChI is InChI=1S/C2H2GeNS/c1-2-5-3-4-1/h1-2H. The van der Waals surface area contributed by atoms with Gasteiger partial charge in [0.1, 0.15) is 0 Å². The van der Waals surface area contributed by atoms with Gasteiger partial charge in [0, 0.05) is 0 Å². The molecule has 5 heavy (non-hydrogen) atoms. The van der Waals surface area contributed by atoms with E-state index in [1.165, 1.54) is 0 Å². The van der Waals surface area contributed by atoms with Gasteiger partial charge in [-0.05, 0) is 0 Å². The van der Waals surface area contributed by atoms with Gasteiger partial charge in [0.15, 0.2) is 0 Å². The number of nitrogens with zero attached hydrogens (tertiary/aromatic N) is 1. The first-order chi connectivity index (χ1) is 2.50. The van der Waals surface area contributed by atoms with Gasteiger partial charge in [-0.1, -0.05) is 0 Å². The van der Waals surface area contributed by atoms with Gasteiger partial charge in [-0.2, -0.15) is 0 Å². The van der Waals surface area contributed by atoms with E-state index >= 15 is 0 Å². The Kier molecular flexibility index (Phi) is 1.28. The third kappa shape index (κ3) is 0.889. The summed E-state index contributed by atoms with van der Waals surface area (Å²) in [4.78, 5) is 0. The molecule has 0 bridgehead atoms. The minimum absolute atomic E-state index is 0.0694. The second kappa shape index (κ2) is 1.77. The molecular formula is C2H2GeNS. The van der Waals surface area contributed by atoms with Crippen molar-refractivity contribution in [3.8, 4) is 0 Å². The second-order valence-corrected chi connectivity index (χ2v) is 4.49. The molecule has 0 spiro atoms. The fourth-order valence-electron chi connectivity index (χ4n) is 0.152. The summed E-state index contributed by atoms with van der Waals surface area (Å²) in [5, 5.41) is 2.04. The van der Waals surface area contributed by atoms with Gasteiger partial charge in [-0.25, -0.2) is 0 Å². The molecule has 0 atom stereocenters. The molecule has 0 aromatic rings. The molecule has 1 aliphatic heterocycles. The van der Waals surface area contributed by atoms with Crippen LogP contribution in [0.2, 0.25) is 0 Å². The first kappa shape index (κ1) is 3.62. The zero-order chi connectivity index (χ0) is 3.54. The van der Waals surface area contributed by atoms with E-state index in [2.05, 4.69) is 3.90 Å². The number of rotatable bonds is 0. The van der Waals surface area contributed by atoms with Gasteiger partial charge in [0.05, 0.1) is 0 Å². The van der Waals surface area contributed by atoms with Gasteiger partial charge in [0.2, 0.25) is 0 Å². The van der Waals surface area contributed by atoms with Crippen LogP contribution in [0.5, 0.6) is 0 Å². The zero-order valence-electron chi connectivity index (χ0n) is 2.51. The molecule has 0 aromatic carbocycles. The molecule has 0 saturated heterocycles. The molecule has 1 rings (SSSR count). The van der Waals surface area contributed by atoms with E-state index in [1.807, 2.05) is 21.7 Å². The summed E-state index contributed by atoms with van der Waals surface area (Å²) in [6.07, 6.45) is 1.88. The molecule has 0 amide bonds. The predicted octanol–water partition coefficient (Wildman–Crippen LogP) is 1.01. The van der Waals surface area contributed by atoms with Crippen LogP contribution in [0.3, 0.4) is 0 Å². The van der Waals surface area contributed by atoms with Gasteiger partial charge in [-0.15, -0.1) is 0 Å². The van der Waals surface area contributed by atoms with Crippen molar-refractivity contribution in [2.45, 2.75) is 0 Å². The van der Waals surface area contributed by atoms with Crippen molar-refractivity contribution in [1.29, 1.82) is 0 Å². The second-order valence-electron chi connectivity index (χ2n) is 0.623. The Morgan fingerprint density at radius 3 is 3.00 bits per heavy atom. The van der Waals surface area contributed by atoms with Crippen molar-refractivity contribution in [2.75, 3.05) is 0 Å². The molecule has 1 radical (unpaired) electrons. The molecule has 1 aliphatic rings. The normalized spacial score (nSPS) is 17.6. The maximum absolute atomic E-state index is 3.99. The van der Waals surface area contributed by atoms with Gasteiger partial charge >= 0.3 is 39.7 Å². The number of hydrogen-bond acceptors (Lipinski definition) is 2. The van der Waals surface area contributed by atoms with E-state index in [0.717, 1.165) is 0 Å². The van der Waals surface area contributed by atoms with Crippen LogP contribution in [-0.2, 0) is 0 Å². The first-order valence-electron chi connectivity index (χ1n) is 1.25. The molecule has 0 aromatic heterocycles. The maximum atomic E-state index is 3.99. The van der Waals surface area contributed by atoms with Gasteiger partial charge < -0.3 is 0 Å². The Morgan fingerprint density at radius 2 is 2.80 bits per heavy atom. The van der Waals surface area contributed by atoms with Crippen molar-refractivity contribution in [3.63, 3.8) is 0 Å². The first-order valence-corrected chi connectivity index (χ1v) is 5.64. The van der Waals surface area contributed by atoms with Crippen LogP contribution >= 0.6 is 10.1 Å². The minimum atomic E-state index is 0.0694. The Bertz CT molecular complexity index is 67.7. The summed E-state index contributed by atoms with van der Waals surface area (Å²) in [6.45, 7) is 0. The molecule has 1 nitrogen and oxygen atoms in total. The summed E-state index contributed by atoms with van der Waals surface area (Å²) in [6, 6.07) is 0. The van der Waals surface area contributed by atoms with Crippen molar-refractivity contribution < 1.29 is 0 Å². The fraction of sp³-hybridized carbons (Fsp3) is 0. The van der Waals surface area contributed by atoms with Crippen molar-refractivity contribution in [1.82, 2.24) is 0 Å². The zero-order valence-corrected chi connectivity index (χ0v) is 5.42. The average Bonchev–Trinajstić information content (AvgIpc) is 1.76. The predicted molar refractivity (Wildman–Crippen MR) is 24.9 cm³/mol. The van der Waals surface area contributed by atoms with Crippen LogP contribution in [0.25, 0.3) is 0 Å². The molecule has 0 aliphatic carbocycles. The van der Waals surface area contributed by atoms with Gasteiger partial charge in [0.25, 0.3) is 0 Å². The number of hydrogen-bond donors (Lipinski definition) is 0. The SMILES string of the molecule is C1=C[S][Ge]=[N]1. The van der Waals surface area contributed by atoms with Crippen LogP contribution < -0.4 is 0 Å². The summed E-state index contributed by atoms with van der Waals surface area (Å²) in [5.41, 5.74) is 0. The van der Waals surface area contributed by atoms with Crippen LogP contribution in [0.4, 0.5) is 0 Å². The van der Waals surface area contributed by atoms with Crippen LogP contribution in [0.1, 0.15) is 0 Å². The molecule has 0 unspecified atom stereocenters. The third-order valence-electron chi connectivity index (χ3n) is 0.309. The van der Waals surface area contributed by atoms with E-state index < -0.39 is 0 Å². The molecule has 0 fully saturated rings. The van der Waals surface area contributed by atoms with Gasteiger partial charge in [-0.3, -0.25) is 0 Å². The monoisotopic (exact) mass is 146 g/mol. The molecule has 3 heteroatoms. The summed E-state index contributed by atoms with van der Waals surface area (Å²) >= 11 is 0.0694. The summed E-state index contributed by atoms with van der Waals surface area (Å²) < 4.78 is 3.99. The molecule has 0 N–H and O–H groups in total. The van der Waals surface area contributed by atoms with Crippen molar-refractivity contribution in [2.24, 2.45) is 3.90 Å². The van der Waals surface area contributed by atoms with E-state index in [-0.39, 0.29) is 14.1 Å². The van der Waals surface area contributed by atoms with E-state index in [0.29, 0.717) is 0 Å². The van der Waals surface area contributed by atoms with E-state index in [1.54, 1.807) is 0 Å².